The summed E-state index contributed by atoms with van der Waals surface area (Å²) in [6, 6.07) is 13.4. The summed E-state index contributed by atoms with van der Waals surface area (Å²) >= 11 is 5.82. The van der Waals surface area contributed by atoms with Gasteiger partial charge in [0.1, 0.15) is 5.75 Å². The van der Waals surface area contributed by atoms with E-state index in [2.05, 4.69) is 10.5 Å². The Morgan fingerprint density at radius 2 is 1.72 bits per heavy atom. The number of rotatable bonds is 7. The van der Waals surface area contributed by atoms with Crippen LogP contribution in [0.5, 0.6) is 5.75 Å². The van der Waals surface area contributed by atoms with Crippen molar-refractivity contribution in [1.29, 1.82) is 0 Å². The summed E-state index contributed by atoms with van der Waals surface area (Å²) in [5, 5.41) is 4.57. The second-order valence-corrected chi connectivity index (χ2v) is 7.74. The summed E-state index contributed by atoms with van der Waals surface area (Å²) in [7, 11) is 0. The van der Waals surface area contributed by atoms with Gasteiger partial charge in [0, 0.05) is 11.4 Å². The highest BCUT2D eigenvalue weighted by Crippen LogP contribution is 2.27. The Labute approximate surface area is 176 Å². The van der Waals surface area contributed by atoms with E-state index >= 15 is 0 Å². The first kappa shape index (κ1) is 21.1. The largest absolute Gasteiger partial charge is 0.423 e. The lowest BCUT2D eigenvalue weighted by molar-refractivity contribution is -0.121. The Morgan fingerprint density at radius 3 is 2.41 bits per heavy atom. The fourth-order valence-corrected chi connectivity index (χ4v) is 3.55. The molecule has 1 N–H and O–H groups in total. The lowest BCUT2D eigenvalue weighted by Crippen LogP contribution is -2.19. The topological polar surface area (TPSA) is 67.8 Å². The van der Waals surface area contributed by atoms with Gasteiger partial charge in [-0.05, 0) is 66.4 Å². The lowest BCUT2D eigenvalue weighted by atomic mass is 9.86. The van der Waals surface area contributed by atoms with E-state index in [0.717, 1.165) is 12.0 Å². The first-order chi connectivity index (χ1) is 14.1. The molecule has 5 nitrogen and oxygen atoms in total. The van der Waals surface area contributed by atoms with Crippen molar-refractivity contribution in [2.75, 3.05) is 0 Å². The minimum atomic E-state index is -0.451. The highest BCUT2D eigenvalue weighted by atomic mass is 35.5. The van der Waals surface area contributed by atoms with Crippen LogP contribution in [-0.2, 0) is 4.79 Å². The van der Waals surface area contributed by atoms with E-state index in [0.29, 0.717) is 28.7 Å². The number of hydrogen-bond donors (Lipinski definition) is 1. The summed E-state index contributed by atoms with van der Waals surface area (Å²) in [5.41, 5.74) is 3.80. The van der Waals surface area contributed by atoms with E-state index < -0.39 is 5.97 Å². The van der Waals surface area contributed by atoms with Crippen LogP contribution in [-0.4, -0.2) is 18.1 Å². The first-order valence-corrected chi connectivity index (χ1v) is 10.4. The van der Waals surface area contributed by atoms with Crippen LogP contribution in [0.15, 0.2) is 53.6 Å². The number of halogens is 1. The van der Waals surface area contributed by atoms with Gasteiger partial charge in [-0.2, -0.15) is 5.10 Å². The molecule has 0 heterocycles. The highest BCUT2D eigenvalue weighted by Gasteiger charge is 2.14. The van der Waals surface area contributed by atoms with Gasteiger partial charge in [-0.15, -0.1) is 0 Å². The molecule has 1 aliphatic carbocycles. The van der Waals surface area contributed by atoms with Crippen molar-refractivity contribution in [2.24, 2.45) is 11.0 Å². The molecule has 6 heteroatoms. The summed E-state index contributed by atoms with van der Waals surface area (Å²) in [6.07, 6.45) is 9.41. The van der Waals surface area contributed by atoms with Gasteiger partial charge in [-0.1, -0.05) is 43.7 Å². The smallest absolute Gasteiger partial charge is 0.343 e. The molecular formula is C23H25ClN2O3. The van der Waals surface area contributed by atoms with Crippen LogP contribution in [0.25, 0.3) is 0 Å². The molecular weight excluding hydrogens is 388 g/mol. The molecule has 1 aliphatic rings. The van der Waals surface area contributed by atoms with E-state index in [-0.39, 0.29) is 5.91 Å². The summed E-state index contributed by atoms with van der Waals surface area (Å²) in [6.45, 7) is 0. The Kier molecular flexibility index (Phi) is 7.82. The Morgan fingerprint density at radius 1 is 1.03 bits per heavy atom. The zero-order valence-corrected chi connectivity index (χ0v) is 17.0. The highest BCUT2D eigenvalue weighted by molar-refractivity contribution is 6.30. The van der Waals surface area contributed by atoms with Crippen molar-refractivity contribution < 1.29 is 14.3 Å². The molecule has 2 aromatic carbocycles. The molecule has 0 radical (unpaired) electrons. The molecule has 1 fully saturated rings. The van der Waals surface area contributed by atoms with Crippen LogP contribution in [0.1, 0.15) is 60.9 Å². The molecule has 152 valence electrons. The average Bonchev–Trinajstić information content (AvgIpc) is 2.75. The quantitative estimate of drug-likeness (QED) is 0.287. The number of esters is 1. The van der Waals surface area contributed by atoms with Crippen LogP contribution in [0.2, 0.25) is 5.02 Å². The first-order valence-electron chi connectivity index (χ1n) is 10.00. The van der Waals surface area contributed by atoms with Gasteiger partial charge < -0.3 is 4.74 Å². The zero-order chi connectivity index (χ0) is 20.5. The number of hydrogen-bond acceptors (Lipinski definition) is 4. The Bertz CT molecular complexity index is 841. The molecule has 2 aromatic rings. The number of ether oxygens (including phenoxy) is 1. The summed E-state index contributed by atoms with van der Waals surface area (Å²) in [5.74, 6) is 0.605. The maximum absolute atomic E-state index is 12.1. The van der Waals surface area contributed by atoms with Crippen molar-refractivity contribution >= 4 is 29.7 Å². The van der Waals surface area contributed by atoms with Crippen molar-refractivity contribution in [2.45, 2.75) is 44.9 Å². The number of amides is 1. The minimum absolute atomic E-state index is 0.0552. The molecule has 29 heavy (non-hydrogen) atoms. The third kappa shape index (κ3) is 7.02. The van der Waals surface area contributed by atoms with Crippen molar-refractivity contribution in [3.05, 3.63) is 64.7 Å². The molecule has 0 saturated heterocycles. The standard InChI is InChI=1S/C23H25ClN2O3/c24-20-11-9-19(10-12-20)23(28)29-21-13-6-18(7-14-21)16-25-26-22(27)15-8-17-4-2-1-3-5-17/h6-7,9-14,16-17H,1-5,8,15H2,(H,26,27)/b25-16+. The van der Waals surface area contributed by atoms with Gasteiger partial charge in [-0.25, -0.2) is 10.2 Å². The van der Waals surface area contributed by atoms with Crippen LogP contribution >= 0.6 is 11.6 Å². The molecule has 0 spiro atoms. The predicted octanol–water partition coefficient (Wildman–Crippen LogP) is 5.37. The van der Waals surface area contributed by atoms with Gasteiger partial charge in [0.2, 0.25) is 5.91 Å². The van der Waals surface area contributed by atoms with Crippen molar-refractivity contribution in [1.82, 2.24) is 5.43 Å². The monoisotopic (exact) mass is 412 g/mol. The summed E-state index contributed by atoms with van der Waals surface area (Å²) < 4.78 is 5.33. The molecule has 0 unspecified atom stereocenters. The van der Waals surface area contributed by atoms with E-state index in [9.17, 15) is 9.59 Å². The molecule has 0 aromatic heterocycles. The summed E-state index contributed by atoms with van der Waals surface area (Å²) in [4.78, 5) is 24.0. The van der Waals surface area contributed by atoms with Crippen LogP contribution < -0.4 is 10.2 Å². The minimum Gasteiger partial charge on any atom is -0.423 e. The van der Waals surface area contributed by atoms with E-state index in [1.54, 1.807) is 54.7 Å². The normalized spacial score (nSPS) is 14.7. The Balaban J connectivity index is 1.42. The average molecular weight is 413 g/mol. The number of nitrogens with zero attached hydrogens (tertiary/aromatic N) is 1. The number of nitrogens with one attached hydrogen (secondary N) is 1. The molecule has 1 saturated carbocycles. The number of carbonyl (C=O) groups is 2. The number of benzene rings is 2. The maximum Gasteiger partial charge on any atom is 0.343 e. The third-order valence-corrected chi connectivity index (χ3v) is 5.33. The van der Waals surface area contributed by atoms with Gasteiger partial charge in [0.25, 0.3) is 0 Å². The van der Waals surface area contributed by atoms with Gasteiger partial charge in [0.05, 0.1) is 11.8 Å². The van der Waals surface area contributed by atoms with Gasteiger partial charge >= 0.3 is 5.97 Å². The van der Waals surface area contributed by atoms with E-state index in [1.807, 2.05) is 0 Å². The van der Waals surface area contributed by atoms with Gasteiger partial charge in [-0.3, -0.25) is 4.79 Å². The third-order valence-electron chi connectivity index (χ3n) is 5.08. The van der Waals surface area contributed by atoms with Crippen molar-refractivity contribution in [3.63, 3.8) is 0 Å². The maximum atomic E-state index is 12.1. The van der Waals surface area contributed by atoms with E-state index in [1.165, 1.54) is 32.1 Å². The predicted molar refractivity (Wildman–Crippen MR) is 114 cm³/mol. The second kappa shape index (κ2) is 10.8. The second-order valence-electron chi connectivity index (χ2n) is 7.30. The van der Waals surface area contributed by atoms with Crippen LogP contribution in [0.4, 0.5) is 0 Å². The lowest BCUT2D eigenvalue weighted by Gasteiger charge is -2.20. The van der Waals surface area contributed by atoms with Crippen LogP contribution in [0, 0.1) is 5.92 Å². The molecule has 3 rings (SSSR count). The molecule has 1 amide bonds. The van der Waals surface area contributed by atoms with E-state index in [4.69, 9.17) is 16.3 Å². The SMILES string of the molecule is O=C(CCC1CCCCC1)N/N=C/c1ccc(OC(=O)c2ccc(Cl)cc2)cc1. The Hall–Kier alpha value is -2.66. The van der Waals surface area contributed by atoms with Gasteiger partial charge in [0.15, 0.2) is 0 Å². The molecule has 0 aliphatic heterocycles. The number of carbonyl (C=O) groups excluding carboxylic acids is 2. The fourth-order valence-electron chi connectivity index (χ4n) is 3.42. The fraction of sp³-hybridized carbons (Fsp3) is 0.348. The van der Waals surface area contributed by atoms with Crippen molar-refractivity contribution in [3.8, 4) is 5.75 Å². The number of hydrazone groups is 1. The van der Waals surface area contributed by atoms with Crippen LogP contribution in [0.3, 0.4) is 0 Å². The molecule has 0 atom stereocenters. The molecule has 0 bridgehead atoms. The zero-order valence-electron chi connectivity index (χ0n) is 16.3.